The van der Waals surface area contributed by atoms with E-state index in [2.05, 4.69) is 218 Å². The molecule has 0 saturated carbocycles. The molecule has 268 valence electrons. The molecule has 0 bridgehead atoms. The molecule has 0 N–H and O–H groups in total. The van der Waals surface area contributed by atoms with Crippen LogP contribution in [0.4, 0.5) is 0 Å². The minimum absolute atomic E-state index is 0.0954. The minimum Gasteiger partial charge on any atom is -0.484 e. The van der Waals surface area contributed by atoms with Crippen LogP contribution in [0.5, 0.6) is 5.75 Å². The maximum absolute atomic E-state index is 6.89. The third kappa shape index (κ3) is 5.71. The van der Waals surface area contributed by atoms with Gasteiger partial charge < -0.3 is 4.74 Å². The van der Waals surface area contributed by atoms with E-state index in [4.69, 9.17) is 4.74 Å². The summed E-state index contributed by atoms with van der Waals surface area (Å²) in [5.74, 6) is 1.06. The molecule has 2 atom stereocenters. The van der Waals surface area contributed by atoms with Crippen molar-refractivity contribution in [3.05, 3.63) is 235 Å². The predicted octanol–water partition coefficient (Wildman–Crippen LogP) is 15.1. The first-order valence-electron chi connectivity index (χ1n) is 19.8. The monoisotopic (exact) mass is 726 g/mol. The largest absolute Gasteiger partial charge is 0.484 e. The first-order valence-corrected chi connectivity index (χ1v) is 19.8. The molecule has 0 amide bonds. The number of hydrogen-bond donors (Lipinski definition) is 0. The van der Waals surface area contributed by atoms with Gasteiger partial charge in [0.05, 0.1) is 5.92 Å². The van der Waals surface area contributed by atoms with Gasteiger partial charge in [0.2, 0.25) is 0 Å². The third-order valence-corrected chi connectivity index (χ3v) is 11.9. The maximum atomic E-state index is 6.89. The van der Waals surface area contributed by atoms with Gasteiger partial charge in [-0.1, -0.05) is 200 Å². The van der Waals surface area contributed by atoms with Gasteiger partial charge in [-0.25, -0.2) is 0 Å². The van der Waals surface area contributed by atoms with Gasteiger partial charge >= 0.3 is 0 Å². The molecular formula is C56H38O. The van der Waals surface area contributed by atoms with Gasteiger partial charge in [-0.3, -0.25) is 0 Å². The molecule has 1 heterocycles. The molecule has 57 heavy (non-hydrogen) atoms. The summed E-state index contributed by atoms with van der Waals surface area (Å²) in [7, 11) is 0. The van der Waals surface area contributed by atoms with E-state index in [0.717, 1.165) is 16.9 Å². The van der Waals surface area contributed by atoms with E-state index in [1.807, 2.05) is 0 Å². The van der Waals surface area contributed by atoms with Crippen molar-refractivity contribution in [2.75, 3.05) is 0 Å². The molecule has 0 saturated heterocycles. The standard InChI is InChI=1S/C56H38O/c1-4-16-37(17-5-1)42-30-32-49-51(35-42)53(47-27-12-13-28-48(47)55(49)46-29-15-23-38-18-10-11-26-45(38)46)44-25-14-24-41(34-44)43-31-33-50-52(36-43)57-56(40-21-8-3-9-22-40)54(50)39-19-6-2-7-20-39/h1-36,54,56H. The van der Waals surface area contributed by atoms with Crippen molar-refractivity contribution < 1.29 is 4.74 Å². The van der Waals surface area contributed by atoms with Crippen LogP contribution in [0.3, 0.4) is 0 Å². The van der Waals surface area contributed by atoms with Crippen LogP contribution < -0.4 is 4.74 Å². The minimum atomic E-state index is -0.0954. The summed E-state index contributed by atoms with van der Waals surface area (Å²) in [6, 6.07) is 79.5. The molecule has 0 radical (unpaired) electrons. The Bertz CT molecular complexity index is 3090. The van der Waals surface area contributed by atoms with E-state index < -0.39 is 0 Å². The molecule has 0 spiro atoms. The van der Waals surface area contributed by atoms with E-state index in [1.54, 1.807) is 0 Å². The fourth-order valence-corrected chi connectivity index (χ4v) is 9.25. The molecule has 2 unspecified atom stereocenters. The quantitative estimate of drug-likeness (QED) is 0.155. The zero-order chi connectivity index (χ0) is 37.7. The molecule has 0 aliphatic carbocycles. The van der Waals surface area contributed by atoms with Gasteiger partial charge in [-0.05, 0) is 106 Å². The van der Waals surface area contributed by atoms with Crippen LogP contribution in [0.15, 0.2) is 218 Å². The molecule has 11 rings (SSSR count). The molecule has 10 aromatic carbocycles. The van der Waals surface area contributed by atoms with Crippen molar-refractivity contribution >= 4 is 32.3 Å². The lowest BCUT2D eigenvalue weighted by Crippen LogP contribution is -2.11. The van der Waals surface area contributed by atoms with E-state index in [0.29, 0.717) is 0 Å². The first-order chi connectivity index (χ1) is 28.3. The van der Waals surface area contributed by atoms with Crippen molar-refractivity contribution in [2.45, 2.75) is 12.0 Å². The Kier molecular flexibility index (Phi) is 8.03. The first kappa shape index (κ1) is 33.1. The van der Waals surface area contributed by atoms with Gasteiger partial charge in [0, 0.05) is 5.56 Å². The van der Waals surface area contributed by atoms with E-state index >= 15 is 0 Å². The van der Waals surface area contributed by atoms with Crippen molar-refractivity contribution in [3.63, 3.8) is 0 Å². The lowest BCUT2D eigenvalue weighted by Gasteiger charge is -2.20. The summed E-state index contributed by atoms with van der Waals surface area (Å²) in [5.41, 5.74) is 13.4. The summed E-state index contributed by atoms with van der Waals surface area (Å²) < 4.78 is 6.89. The maximum Gasteiger partial charge on any atom is 0.135 e. The van der Waals surface area contributed by atoms with Crippen LogP contribution in [-0.2, 0) is 0 Å². The van der Waals surface area contributed by atoms with Crippen LogP contribution in [0.25, 0.3) is 76.8 Å². The highest BCUT2D eigenvalue weighted by Crippen LogP contribution is 2.51. The van der Waals surface area contributed by atoms with Gasteiger partial charge in [0.1, 0.15) is 11.9 Å². The lowest BCUT2D eigenvalue weighted by molar-refractivity contribution is 0.222. The molecular weight excluding hydrogens is 689 g/mol. The second kappa shape index (κ2) is 13.8. The molecule has 10 aromatic rings. The Balaban J connectivity index is 1.11. The topological polar surface area (TPSA) is 9.23 Å². The zero-order valence-electron chi connectivity index (χ0n) is 31.3. The zero-order valence-corrected chi connectivity index (χ0v) is 31.3. The Hall–Kier alpha value is -7.22. The Labute approximate surface area is 333 Å². The third-order valence-electron chi connectivity index (χ3n) is 11.9. The summed E-state index contributed by atoms with van der Waals surface area (Å²) in [6.45, 7) is 0. The van der Waals surface area contributed by atoms with Crippen molar-refractivity contribution in [1.82, 2.24) is 0 Å². The highest BCUT2D eigenvalue weighted by Gasteiger charge is 2.36. The predicted molar refractivity (Wildman–Crippen MR) is 239 cm³/mol. The molecule has 0 fully saturated rings. The fraction of sp³-hybridized carbons (Fsp3) is 0.0357. The van der Waals surface area contributed by atoms with Gasteiger partial charge in [0.15, 0.2) is 0 Å². The average Bonchev–Trinajstić information content (AvgIpc) is 3.68. The Morgan fingerprint density at radius 3 is 1.65 bits per heavy atom. The smallest absolute Gasteiger partial charge is 0.135 e. The lowest BCUT2D eigenvalue weighted by atomic mass is 9.83. The number of fused-ring (bicyclic) bond motifs is 4. The van der Waals surface area contributed by atoms with Crippen LogP contribution >= 0.6 is 0 Å². The number of ether oxygens (including phenoxy) is 1. The Morgan fingerprint density at radius 2 is 0.860 bits per heavy atom. The van der Waals surface area contributed by atoms with Crippen LogP contribution in [0.2, 0.25) is 0 Å². The van der Waals surface area contributed by atoms with E-state index in [-0.39, 0.29) is 12.0 Å². The molecule has 0 aromatic heterocycles. The van der Waals surface area contributed by atoms with Gasteiger partial charge in [-0.2, -0.15) is 0 Å². The highest BCUT2D eigenvalue weighted by molar-refractivity contribution is 6.24. The Morgan fingerprint density at radius 1 is 0.316 bits per heavy atom. The van der Waals surface area contributed by atoms with Crippen LogP contribution in [0.1, 0.15) is 28.7 Å². The number of benzene rings is 10. The number of hydrogen-bond acceptors (Lipinski definition) is 1. The van der Waals surface area contributed by atoms with Crippen molar-refractivity contribution in [2.24, 2.45) is 0 Å². The second-order valence-corrected chi connectivity index (χ2v) is 15.1. The van der Waals surface area contributed by atoms with Crippen LogP contribution in [0, 0.1) is 0 Å². The summed E-state index contributed by atoms with van der Waals surface area (Å²) in [4.78, 5) is 0. The van der Waals surface area contributed by atoms with Crippen molar-refractivity contribution in [3.8, 4) is 50.3 Å². The SMILES string of the molecule is c1ccc(-c2ccc3c(-c4cccc5ccccc45)c4ccccc4c(-c4cccc(-c5ccc6c(c5)OC(c5ccccc5)C6c5ccccc5)c4)c3c2)cc1. The summed E-state index contributed by atoms with van der Waals surface area (Å²) in [5, 5.41) is 7.48. The molecule has 1 aliphatic rings. The highest BCUT2D eigenvalue weighted by atomic mass is 16.5. The van der Waals surface area contributed by atoms with Crippen LogP contribution in [-0.4, -0.2) is 0 Å². The summed E-state index contributed by atoms with van der Waals surface area (Å²) >= 11 is 0. The average molecular weight is 727 g/mol. The molecule has 1 nitrogen and oxygen atoms in total. The van der Waals surface area contributed by atoms with E-state index in [9.17, 15) is 0 Å². The van der Waals surface area contributed by atoms with Crippen molar-refractivity contribution in [1.29, 1.82) is 0 Å². The summed E-state index contributed by atoms with van der Waals surface area (Å²) in [6.07, 6.45) is -0.0954. The normalized spacial score (nSPS) is 14.8. The van der Waals surface area contributed by atoms with Gasteiger partial charge in [0.25, 0.3) is 0 Å². The molecule has 1 heteroatoms. The van der Waals surface area contributed by atoms with Gasteiger partial charge in [-0.15, -0.1) is 0 Å². The van der Waals surface area contributed by atoms with E-state index in [1.165, 1.54) is 82.4 Å². The second-order valence-electron chi connectivity index (χ2n) is 15.1. The fourth-order valence-electron chi connectivity index (χ4n) is 9.25. The molecule has 1 aliphatic heterocycles. The number of rotatable bonds is 6.